The lowest BCUT2D eigenvalue weighted by molar-refractivity contribution is 0.692. The summed E-state index contributed by atoms with van der Waals surface area (Å²) < 4.78 is 2.07. The van der Waals surface area contributed by atoms with E-state index in [1.165, 1.54) is 21.2 Å². The van der Waals surface area contributed by atoms with Crippen LogP contribution in [0.25, 0.3) is 15.7 Å². The fourth-order valence-corrected chi connectivity index (χ4v) is 3.60. The van der Waals surface area contributed by atoms with E-state index < -0.39 is 0 Å². The first-order valence-electron chi connectivity index (χ1n) is 7.48. The molecule has 0 aliphatic rings. The van der Waals surface area contributed by atoms with Gasteiger partial charge in [-0.1, -0.05) is 42.5 Å². The molecule has 110 valence electrons. The number of fused-ring (bicyclic) bond motifs is 2. The Morgan fingerprint density at radius 3 is 2.91 bits per heavy atom. The summed E-state index contributed by atoms with van der Waals surface area (Å²) in [6.45, 7) is 1.89. The Kier molecular flexibility index (Phi) is 3.62. The highest BCUT2D eigenvalue weighted by Crippen LogP contribution is 2.17. The van der Waals surface area contributed by atoms with Crippen LogP contribution in [0, 0.1) is 0 Å². The maximum absolute atomic E-state index is 4.30. The van der Waals surface area contributed by atoms with Crippen LogP contribution in [0.1, 0.15) is 10.4 Å². The number of benzene rings is 2. The van der Waals surface area contributed by atoms with Crippen LogP contribution in [0.4, 0.5) is 0 Å². The number of nitrogens with zero attached hydrogens (tertiary/aromatic N) is 2. The van der Waals surface area contributed by atoms with Gasteiger partial charge in [0.2, 0.25) is 0 Å². The van der Waals surface area contributed by atoms with E-state index in [1.807, 2.05) is 12.4 Å². The van der Waals surface area contributed by atoms with Gasteiger partial charge in [-0.05, 0) is 29.3 Å². The Morgan fingerprint density at radius 2 is 2.00 bits per heavy atom. The zero-order chi connectivity index (χ0) is 14.8. The molecular formula is C18H17N3S. The third-order valence-corrected chi connectivity index (χ3v) is 4.85. The topological polar surface area (TPSA) is 29.3 Å². The fraction of sp³-hybridized carbons (Fsp3) is 0.167. The van der Waals surface area contributed by atoms with Gasteiger partial charge in [-0.25, -0.2) is 4.98 Å². The lowest BCUT2D eigenvalue weighted by Crippen LogP contribution is -2.15. The number of nitrogens with one attached hydrogen (secondary N) is 1. The minimum absolute atomic E-state index is 0.904. The second-order valence-electron chi connectivity index (χ2n) is 5.42. The van der Waals surface area contributed by atoms with Crippen molar-refractivity contribution in [3.63, 3.8) is 0 Å². The smallest absolute Gasteiger partial charge is 0.193 e. The Morgan fingerprint density at radius 1 is 1.09 bits per heavy atom. The second-order valence-corrected chi connectivity index (χ2v) is 6.52. The monoisotopic (exact) mass is 307 g/mol. The van der Waals surface area contributed by atoms with Gasteiger partial charge in [0.25, 0.3) is 0 Å². The predicted molar refractivity (Wildman–Crippen MR) is 92.4 cm³/mol. The average Bonchev–Trinajstić information content (AvgIpc) is 3.13. The Balaban J connectivity index is 1.34. The molecule has 4 heteroatoms. The van der Waals surface area contributed by atoms with E-state index in [2.05, 4.69) is 63.4 Å². The van der Waals surface area contributed by atoms with E-state index in [9.17, 15) is 0 Å². The van der Waals surface area contributed by atoms with Gasteiger partial charge in [-0.2, -0.15) is 0 Å². The largest absolute Gasteiger partial charge is 0.311 e. The molecule has 2 aromatic carbocycles. The molecule has 1 N–H and O–H groups in total. The van der Waals surface area contributed by atoms with Crippen LogP contribution >= 0.6 is 11.3 Å². The minimum Gasteiger partial charge on any atom is -0.311 e. The molecule has 0 aliphatic heterocycles. The van der Waals surface area contributed by atoms with Crippen LogP contribution in [0.2, 0.25) is 0 Å². The first-order chi connectivity index (χ1) is 10.9. The molecule has 0 aliphatic carbocycles. The summed E-state index contributed by atoms with van der Waals surface area (Å²) in [6.07, 6.45) is 7.02. The lowest BCUT2D eigenvalue weighted by Gasteiger charge is -2.05. The summed E-state index contributed by atoms with van der Waals surface area (Å²) in [4.78, 5) is 6.68. The van der Waals surface area contributed by atoms with Crippen molar-refractivity contribution >= 4 is 27.1 Å². The number of rotatable bonds is 5. The zero-order valence-electron chi connectivity index (χ0n) is 12.2. The van der Waals surface area contributed by atoms with Crippen molar-refractivity contribution in [3.8, 4) is 0 Å². The number of hydrogen-bond donors (Lipinski definition) is 1. The van der Waals surface area contributed by atoms with E-state index in [4.69, 9.17) is 0 Å². The van der Waals surface area contributed by atoms with Crippen LogP contribution in [-0.4, -0.2) is 15.9 Å². The molecule has 0 radical (unpaired) electrons. The molecule has 22 heavy (non-hydrogen) atoms. The van der Waals surface area contributed by atoms with Gasteiger partial charge in [-0.3, -0.25) is 4.40 Å². The van der Waals surface area contributed by atoms with E-state index >= 15 is 0 Å². The standard InChI is InChI=1S/C18H17N3S/c1-2-4-16-11-14(5-6-15(16)3-1)7-8-19-12-17-13-21-10-9-20-18(21)22-17/h1-6,9-11,13,19H,7-8,12H2. The Hall–Kier alpha value is -2.17. The fourth-order valence-electron chi connectivity index (χ4n) is 2.70. The van der Waals surface area contributed by atoms with Crippen molar-refractivity contribution < 1.29 is 0 Å². The van der Waals surface area contributed by atoms with Crippen LogP contribution in [-0.2, 0) is 13.0 Å². The number of hydrogen-bond acceptors (Lipinski definition) is 3. The van der Waals surface area contributed by atoms with Crippen molar-refractivity contribution in [1.82, 2.24) is 14.7 Å². The van der Waals surface area contributed by atoms with Gasteiger partial charge in [-0.15, -0.1) is 11.3 Å². The summed E-state index contributed by atoms with van der Waals surface area (Å²) >= 11 is 1.74. The number of imidazole rings is 1. The van der Waals surface area contributed by atoms with Crippen molar-refractivity contribution in [3.05, 3.63) is 71.5 Å². The molecule has 0 atom stereocenters. The summed E-state index contributed by atoms with van der Waals surface area (Å²) in [7, 11) is 0. The van der Waals surface area contributed by atoms with Crippen molar-refractivity contribution in [2.24, 2.45) is 0 Å². The van der Waals surface area contributed by atoms with Gasteiger partial charge >= 0.3 is 0 Å². The van der Waals surface area contributed by atoms with Gasteiger partial charge < -0.3 is 5.32 Å². The summed E-state index contributed by atoms with van der Waals surface area (Å²) in [5.41, 5.74) is 1.38. The molecule has 0 saturated heterocycles. The normalized spacial score (nSPS) is 11.5. The second kappa shape index (κ2) is 5.91. The molecule has 0 bridgehead atoms. The Labute approximate surface area is 133 Å². The highest BCUT2D eigenvalue weighted by atomic mass is 32.1. The first kappa shape index (κ1) is 13.5. The summed E-state index contributed by atoms with van der Waals surface area (Å²) in [5.74, 6) is 0. The first-order valence-corrected chi connectivity index (χ1v) is 8.30. The van der Waals surface area contributed by atoms with Gasteiger partial charge in [0, 0.05) is 30.0 Å². The third-order valence-electron chi connectivity index (χ3n) is 3.84. The molecule has 3 nitrogen and oxygen atoms in total. The molecule has 0 fully saturated rings. The highest BCUT2D eigenvalue weighted by molar-refractivity contribution is 7.17. The van der Waals surface area contributed by atoms with E-state index in [0.717, 1.165) is 24.5 Å². The van der Waals surface area contributed by atoms with E-state index in [0.29, 0.717) is 0 Å². The van der Waals surface area contributed by atoms with E-state index in [-0.39, 0.29) is 0 Å². The molecular weight excluding hydrogens is 290 g/mol. The number of thiazole rings is 1. The third kappa shape index (κ3) is 2.75. The molecule has 4 aromatic rings. The van der Waals surface area contributed by atoms with Crippen LogP contribution in [0.3, 0.4) is 0 Å². The number of aromatic nitrogens is 2. The van der Waals surface area contributed by atoms with Gasteiger partial charge in [0.15, 0.2) is 4.96 Å². The molecule has 2 heterocycles. The maximum Gasteiger partial charge on any atom is 0.193 e. The molecule has 0 unspecified atom stereocenters. The molecule has 4 rings (SSSR count). The molecule has 0 amide bonds. The SMILES string of the molecule is c1ccc2cc(CCNCc3cn4ccnc4s3)ccc2c1. The molecule has 0 saturated carbocycles. The van der Waals surface area contributed by atoms with Gasteiger partial charge in [0.05, 0.1) is 0 Å². The van der Waals surface area contributed by atoms with Crippen molar-refractivity contribution in [2.45, 2.75) is 13.0 Å². The highest BCUT2D eigenvalue weighted by Gasteiger charge is 2.02. The van der Waals surface area contributed by atoms with Crippen LogP contribution in [0.15, 0.2) is 61.1 Å². The zero-order valence-corrected chi connectivity index (χ0v) is 13.0. The quantitative estimate of drug-likeness (QED) is 0.567. The summed E-state index contributed by atoms with van der Waals surface area (Å²) in [5, 5.41) is 6.14. The van der Waals surface area contributed by atoms with E-state index in [1.54, 1.807) is 11.3 Å². The Bertz CT molecular complexity index is 878. The van der Waals surface area contributed by atoms with Crippen molar-refractivity contribution in [2.75, 3.05) is 6.54 Å². The maximum atomic E-state index is 4.30. The molecule has 0 spiro atoms. The minimum atomic E-state index is 0.904. The van der Waals surface area contributed by atoms with Gasteiger partial charge in [0.1, 0.15) is 0 Å². The van der Waals surface area contributed by atoms with Crippen molar-refractivity contribution in [1.29, 1.82) is 0 Å². The lowest BCUT2D eigenvalue weighted by atomic mass is 10.1. The predicted octanol–water partition coefficient (Wildman–Crippen LogP) is 3.88. The van der Waals surface area contributed by atoms with Crippen LogP contribution in [0.5, 0.6) is 0 Å². The summed E-state index contributed by atoms with van der Waals surface area (Å²) in [6, 6.07) is 15.2. The molecule has 2 aromatic heterocycles. The average molecular weight is 307 g/mol. The van der Waals surface area contributed by atoms with Crippen LogP contribution < -0.4 is 5.32 Å².